The predicted octanol–water partition coefficient (Wildman–Crippen LogP) is 3.98. The maximum Gasteiger partial charge on any atom is 0.335 e. The molecule has 1 fully saturated rings. The van der Waals surface area contributed by atoms with Crippen molar-refractivity contribution in [3.8, 4) is 5.75 Å². The average molecular weight is 607 g/mol. The Labute approximate surface area is 246 Å². The molecule has 2 aromatic rings. The fraction of sp³-hybridized carbons (Fsp3) is 0.567. The van der Waals surface area contributed by atoms with Gasteiger partial charge in [-0.3, -0.25) is 0 Å². The van der Waals surface area contributed by atoms with Gasteiger partial charge in [0.25, 0.3) is 0 Å². The number of sulfonamides is 1. The number of halogens is 1. The summed E-state index contributed by atoms with van der Waals surface area (Å²) in [6, 6.07) is 11.1. The number of hydrogen-bond acceptors (Lipinski definition) is 7. The summed E-state index contributed by atoms with van der Waals surface area (Å²) >= 11 is 6.34. The van der Waals surface area contributed by atoms with Crippen molar-refractivity contribution in [3.63, 3.8) is 0 Å². The van der Waals surface area contributed by atoms with Crippen molar-refractivity contribution in [1.29, 1.82) is 0 Å². The Morgan fingerprint density at radius 1 is 1.27 bits per heavy atom. The second-order valence-corrected chi connectivity index (χ2v) is 14.3. The van der Waals surface area contributed by atoms with Crippen LogP contribution in [0.2, 0.25) is 5.02 Å². The van der Waals surface area contributed by atoms with Crippen LogP contribution in [0.4, 0.5) is 5.69 Å². The number of nitrogens with two attached hydrogens (primary N) is 1. The number of aryl methyl sites for hydroxylation is 1. The molecule has 41 heavy (non-hydrogen) atoms. The normalized spacial score (nSPS) is 25.3. The highest BCUT2D eigenvalue weighted by molar-refractivity contribution is 7.89. The molecule has 0 aromatic heterocycles. The number of aliphatic hydroxyl groups is 1. The van der Waals surface area contributed by atoms with Crippen LogP contribution in [-0.2, 0) is 26.6 Å². The van der Waals surface area contributed by atoms with Crippen molar-refractivity contribution >= 4 is 33.3 Å². The Hall–Kier alpha value is -2.37. The molecule has 2 aliphatic carbocycles. The minimum atomic E-state index is -3.65. The van der Waals surface area contributed by atoms with E-state index in [-0.39, 0.29) is 36.0 Å². The van der Waals surface area contributed by atoms with Gasteiger partial charge in [-0.05, 0) is 98.7 Å². The average Bonchev–Trinajstić information content (AvgIpc) is 3.05. The summed E-state index contributed by atoms with van der Waals surface area (Å²) < 4.78 is 34.8. The van der Waals surface area contributed by atoms with Crippen molar-refractivity contribution in [2.45, 2.75) is 62.2 Å². The summed E-state index contributed by atoms with van der Waals surface area (Å²) in [4.78, 5) is 14.1. The topological polar surface area (TPSA) is 139 Å². The molecule has 2 aromatic carbocycles. The van der Waals surface area contributed by atoms with E-state index in [1.807, 2.05) is 12.1 Å². The molecule has 3 aliphatic rings. The number of carbonyl (C=O) groups is 1. The van der Waals surface area contributed by atoms with Crippen molar-refractivity contribution in [3.05, 3.63) is 58.1 Å². The third-order valence-corrected chi connectivity index (χ3v) is 10.7. The van der Waals surface area contributed by atoms with E-state index in [1.54, 1.807) is 18.2 Å². The van der Waals surface area contributed by atoms with Crippen LogP contribution >= 0.6 is 11.6 Å². The lowest BCUT2D eigenvalue weighted by Crippen LogP contribution is -2.49. The lowest BCUT2D eigenvalue weighted by atomic mass is 9.68. The van der Waals surface area contributed by atoms with Crippen LogP contribution in [0.1, 0.15) is 60.5 Å². The minimum absolute atomic E-state index is 0.00904. The highest BCUT2D eigenvalue weighted by atomic mass is 35.5. The van der Waals surface area contributed by atoms with Gasteiger partial charge < -0.3 is 24.6 Å². The lowest BCUT2D eigenvalue weighted by Gasteiger charge is -2.45. The van der Waals surface area contributed by atoms with Gasteiger partial charge in [0.15, 0.2) is 0 Å². The summed E-state index contributed by atoms with van der Waals surface area (Å²) in [5, 5.41) is 25.8. The fourth-order valence-electron chi connectivity index (χ4n) is 6.62. The van der Waals surface area contributed by atoms with Gasteiger partial charge in [0.05, 0.1) is 35.8 Å². The van der Waals surface area contributed by atoms with Crippen molar-refractivity contribution < 1.29 is 32.9 Å². The first-order chi connectivity index (χ1) is 19.5. The minimum Gasteiger partial charge on any atom is -0.490 e. The number of carboxylic acids is 1. The van der Waals surface area contributed by atoms with Crippen LogP contribution in [-0.4, -0.2) is 68.9 Å². The van der Waals surface area contributed by atoms with E-state index in [1.165, 1.54) is 18.1 Å². The largest absolute Gasteiger partial charge is 0.490 e. The van der Waals surface area contributed by atoms with Crippen LogP contribution < -0.4 is 14.8 Å². The smallest absolute Gasteiger partial charge is 0.335 e. The van der Waals surface area contributed by atoms with Gasteiger partial charge in [-0.1, -0.05) is 17.7 Å². The number of aliphatic hydroxyl groups excluding tert-OH is 1. The fourth-order valence-corrected chi connectivity index (χ4v) is 7.10. The molecule has 1 heterocycles. The molecule has 4 N–H and O–H groups in total. The van der Waals surface area contributed by atoms with Gasteiger partial charge in [0.2, 0.25) is 10.0 Å². The maximum atomic E-state index is 11.9. The summed E-state index contributed by atoms with van der Waals surface area (Å²) in [5.74, 6) is -0.0455. The molecule has 9 nitrogen and oxygen atoms in total. The Balaban J connectivity index is 1.34. The number of benzene rings is 2. The van der Waals surface area contributed by atoms with E-state index in [4.69, 9.17) is 26.2 Å². The third kappa shape index (κ3) is 6.51. The zero-order chi connectivity index (χ0) is 29.4. The van der Waals surface area contributed by atoms with E-state index < -0.39 is 27.3 Å². The second-order valence-electron chi connectivity index (χ2n) is 11.9. The monoisotopic (exact) mass is 606 g/mol. The first-order valence-electron chi connectivity index (χ1n) is 14.3. The molecular weight excluding hydrogens is 568 g/mol. The van der Waals surface area contributed by atoms with Gasteiger partial charge in [-0.15, -0.1) is 0 Å². The molecule has 1 spiro atoms. The van der Waals surface area contributed by atoms with E-state index in [0.29, 0.717) is 31.9 Å². The van der Waals surface area contributed by atoms with E-state index in [9.17, 15) is 23.4 Å². The third-order valence-electron chi connectivity index (χ3n) is 9.18. The molecule has 0 saturated heterocycles. The molecule has 1 saturated carbocycles. The van der Waals surface area contributed by atoms with Gasteiger partial charge in [0, 0.05) is 30.1 Å². The number of nitrogens with zero attached hydrogens (tertiary/aromatic N) is 1. The number of carboxylic acid groups (broad SMARTS) is 1. The molecule has 5 atom stereocenters. The summed E-state index contributed by atoms with van der Waals surface area (Å²) in [6.45, 7) is 3.56. The van der Waals surface area contributed by atoms with Crippen molar-refractivity contribution in [2.24, 2.45) is 17.0 Å². The van der Waals surface area contributed by atoms with Gasteiger partial charge in [0.1, 0.15) is 5.75 Å². The number of fused-ring (bicyclic) bond motifs is 3. The first kappa shape index (κ1) is 30.1. The number of anilines is 1. The van der Waals surface area contributed by atoms with E-state index in [0.717, 1.165) is 42.8 Å². The van der Waals surface area contributed by atoms with Crippen LogP contribution in [0, 0.1) is 11.8 Å². The summed E-state index contributed by atoms with van der Waals surface area (Å²) in [6.07, 6.45) is 4.58. The van der Waals surface area contributed by atoms with Crippen LogP contribution in [0.5, 0.6) is 5.75 Å². The second kappa shape index (κ2) is 12.1. The number of aromatic carboxylic acids is 1. The highest BCUT2D eigenvalue weighted by Gasteiger charge is 2.44. The Morgan fingerprint density at radius 2 is 2.07 bits per heavy atom. The molecule has 1 aliphatic heterocycles. The molecule has 0 radical (unpaired) electrons. The summed E-state index contributed by atoms with van der Waals surface area (Å²) in [7, 11) is -3.65. The number of rotatable bonds is 10. The quantitative estimate of drug-likeness (QED) is 0.345. The number of ether oxygens (including phenoxy) is 2. The van der Waals surface area contributed by atoms with Crippen molar-refractivity contribution in [2.75, 3.05) is 37.8 Å². The van der Waals surface area contributed by atoms with Gasteiger partial charge >= 0.3 is 5.97 Å². The van der Waals surface area contributed by atoms with E-state index >= 15 is 0 Å². The standard InChI is InChI=1S/C30H39ClN2O7S/c1-19(41(32,37)38)16-39-12-10-27(34)24-7-4-22(24)15-33-17-30(11-2-3-20-13-23(31)6-8-25(20)30)18-40-28-9-5-21(29(35)36)14-26(28)33/h5-6,8-9,13-14,19,22,24,27,34H,2-4,7,10-12,15-18H2,1H3,(H,35,36)(H2,32,37,38)/t19?,22-,24+,27-,30-/m0/s1. The zero-order valence-electron chi connectivity index (χ0n) is 23.3. The van der Waals surface area contributed by atoms with Crippen LogP contribution in [0.3, 0.4) is 0 Å². The highest BCUT2D eigenvalue weighted by Crippen LogP contribution is 2.46. The van der Waals surface area contributed by atoms with Gasteiger partial charge in [-0.2, -0.15) is 0 Å². The number of primary sulfonamides is 1. The SMILES string of the molecule is CC(COCC[C@H](O)[C@@H]1CC[C@H]1CN1C[C@@]2(CCCc3cc(Cl)ccc32)COc2ccc(C(=O)O)cc21)S(N)(=O)=O. The summed E-state index contributed by atoms with van der Waals surface area (Å²) in [5.41, 5.74) is 3.17. The molecule has 5 rings (SSSR count). The zero-order valence-corrected chi connectivity index (χ0v) is 24.9. The van der Waals surface area contributed by atoms with Gasteiger partial charge in [-0.25, -0.2) is 18.4 Å². The molecule has 0 bridgehead atoms. The van der Waals surface area contributed by atoms with Crippen LogP contribution in [0.25, 0.3) is 0 Å². The molecule has 0 amide bonds. The maximum absolute atomic E-state index is 11.9. The lowest BCUT2D eigenvalue weighted by molar-refractivity contribution is -0.00810. The Morgan fingerprint density at radius 3 is 2.78 bits per heavy atom. The molecular formula is C30H39ClN2O7S. The van der Waals surface area contributed by atoms with E-state index in [2.05, 4.69) is 11.0 Å². The number of hydrogen-bond donors (Lipinski definition) is 3. The molecule has 11 heteroatoms. The Kier molecular flexibility index (Phi) is 8.87. The Bertz CT molecular complexity index is 1390. The molecule has 224 valence electrons. The van der Waals surface area contributed by atoms with Crippen molar-refractivity contribution in [1.82, 2.24) is 0 Å². The first-order valence-corrected chi connectivity index (χ1v) is 16.3. The molecule has 1 unspecified atom stereocenters. The van der Waals surface area contributed by atoms with Crippen LogP contribution in [0.15, 0.2) is 36.4 Å². The predicted molar refractivity (Wildman–Crippen MR) is 157 cm³/mol.